The van der Waals surface area contributed by atoms with Crippen LogP contribution in [0.4, 0.5) is 0 Å². The number of piperidine rings is 1. The quantitative estimate of drug-likeness (QED) is 0.578. The van der Waals surface area contributed by atoms with Crippen molar-refractivity contribution < 1.29 is 9.59 Å². The molecule has 0 spiro atoms. The maximum atomic E-state index is 12.1. The van der Waals surface area contributed by atoms with Gasteiger partial charge in [0.2, 0.25) is 5.91 Å². The summed E-state index contributed by atoms with van der Waals surface area (Å²) in [6.45, 7) is 4.12. The van der Waals surface area contributed by atoms with Gasteiger partial charge in [0.25, 0.3) is 5.91 Å². The molecule has 148 valence electrons. The Hall–Kier alpha value is -2.57. The highest BCUT2D eigenvalue weighted by Crippen LogP contribution is 2.10. The van der Waals surface area contributed by atoms with Crippen LogP contribution in [0.2, 0.25) is 0 Å². The number of guanidine groups is 1. The van der Waals surface area contributed by atoms with E-state index in [1.165, 1.54) is 0 Å². The number of rotatable bonds is 6. The lowest BCUT2D eigenvalue weighted by Gasteiger charge is -2.31. The van der Waals surface area contributed by atoms with Crippen molar-refractivity contribution in [3.05, 3.63) is 35.4 Å². The molecule has 7 nitrogen and oxygen atoms in total. The van der Waals surface area contributed by atoms with E-state index in [1.54, 1.807) is 23.9 Å². The van der Waals surface area contributed by atoms with Gasteiger partial charge in [-0.25, -0.2) is 0 Å². The van der Waals surface area contributed by atoms with Crippen molar-refractivity contribution in [3.8, 4) is 0 Å². The first-order chi connectivity index (χ1) is 12.9. The number of hydrogen-bond acceptors (Lipinski definition) is 3. The lowest BCUT2D eigenvalue weighted by Crippen LogP contribution is -2.51. The number of nitrogens with zero attached hydrogens (tertiary/aromatic N) is 3. The van der Waals surface area contributed by atoms with Crippen LogP contribution in [0.25, 0.3) is 0 Å². The number of likely N-dealkylation sites (tertiary alicyclic amines) is 1. The molecule has 1 aliphatic rings. The summed E-state index contributed by atoms with van der Waals surface area (Å²) in [6.07, 6.45) is 2.15. The third-order valence-electron chi connectivity index (χ3n) is 4.56. The van der Waals surface area contributed by atoms with Crippen LogP contribution in [0.3, 0.4) is 0 Å². The fraction of sp³-hybridized carbons (Fsp3) is 0.550. The van der Waals surface area contributed by atoms with Crippen molar-refractivity contribution in [3.63, 3.8) is 0 Å². The van der Waals surface area contributed by atoms with Crippen molar-refractivity contribution in [2.24, 2.45) is 4.99 Å². The SMILES string of the molecule is CCNC(=NCCc1cccc(C(=O)N(C)C)c1)NC1CCC(=O)N(C)C1. The Morgan fingerprint density at radius 1 is 1.37 bits per heavy atom. The van der Waals surface area contributed by atoms with E-state index < -0.39 is 0 Å². The fourth-order valence-corrected chi connectivity index (χ4v) is 3.06. The molecule has 1 aromatic carbocycles. The number of amides is 2. The van der Waals surface area contributed by atoms with Crippen molar-refractivity contribution in [1.82, 2.24) is 20.4 Å². The van der Waals surface area contributed by atoms with Crippen LogP contribution in [0.5, 0.6) is 0 Å². The second-order valence-electron chi connectivity index (χ2n) is 7.06. The van der Waals surface area contributed by atoms with Gasteiger partial charge in [-0.3, -0.25) is 14.6 Å². The van der Waals surface area contributed by atoms with E-state index in [2.05, 4.69) is 15.6 Å². The van der Waals surface area contributed by atoms with Gasteiger partial charge in [-0.1, -0.05) is 12.1 Å². The van der Waals surface area contributed by atoms with E-state index in [1.807, 2.05) is 38.2 Å². The topological polar surface area (TPSA) is 77.0 Å². The van der Waals surface area contributed by atoms with Crippen LogP contribution >= 0.6 is 0 Å². The predicted molar refractivity (Wildman–Crippen MR) is 108 cm³/mol. The van der Waals surface area contributed by atoms with Gasteiger partial charge in [0.15, 0.2) is 5.96 Å². The summed E-state index contributed by atoms with van der Waals surface area (Å²) in [5, 5.41) is 6.68. The normalized spacial score (nSPS) is 17.6. The van der Waals surface area contributed by atoms with Gasteiger partial charge in [0.05, 0.1) is 0 Å². The van der Waals surface area contributed by atoms with Crippen molar-refractivity contribution in [1.29, 1.82) is 0 Å². The van der Waals surface area contributed by atoms with Gasteiger partial charge >= 0.3 is 0 Å². The molecule has 7 heteroatoms. The molecular formula is C20H31N5O2. The molecule has 1 heterocycles. The third kappa shape index (κ3) is 6.27. The monoisotopic (exact) mass is 373 g/mol. The first-order valence-electron chi connectivity index (χ1n) is 9.50. The molecule has 1 fully saturated rings. The van der Waals surface area contributed by atoms with E-state index in [9.17, 15) is 9.59 Å². The molecule has 0 saturated carbocycles. The summed E-state index contributed by atoms with van der Waals surface area (Å²) >= 11 is 0. The standard InChI is InChI=1S/C20H31N5O2/c1-5-21-20(23-17-9-10-18(26)25(4)14-17)22-12-11-15-7-6-8-16(13-15)19(27)24(2)3/h6-8,13,17H,5,9-12,14H2,1-4H3,(H2,21,22,23). The Morgan fingerprint density at radius 2 is 2.15 bits per heavy atom. The Kier molecular flexibility index (Phi) is 7.64. The van der Waals surface area contributed by atoms with Crippen LogP contribution in [-0.2, 0) is 11.2 Å². The molecule has 0 aliphatic carbocycles. The maximum Gasteiger partial charge on any atom is 0.253 e. The summed E-state index contributed by atoms with van der Waals surface area (Å²) in [7, 11) is 5.34. The number of hydrogen-bond donors (Lipinski definition) is 2. The molecule has 27 heavy (non-hydrogen) atoms. The minimum atomic E-state index is 0.00585. The number of likely N-dealkylation sites (N-methyl/N-ethyl adjacent to an activating group) is 1. The van der Waals surface area contributed by atoms with Crippen molar-refractivity contribution in [2.45, 2.75) is 32.2 Å². The average molecular weight is 374 g/mol. The smallest absolute Gasteiger partial charge is 0.253 e. The zero-order valence-corrected chi connectivity index (χ0v) is 16.8. The summed E-state index contributed by atoms with van der Waals surface area (Å²) in [5.41, 5.74) is 1.78. The van der Waals surface area contributed by atoms with Gasteiger partial charge in [-0.15, -0.1) is 0 Å². The van der Waals surface area contributed by atoms with E-state index in [0.29, 0.717) is 25.1 Å². The first kappa shape index (κ1) is 20.7. The highest BCUT2D eigenvalue weighted by molar-refractivity contribution is 5.94. The summed E-state index contributed by atoms with van der Waals surface area (Å²) in [4.78, 5) is 31.7. The van der Waals surface area contributed by atoms with Crippen molar-refractivity contribution >= 4 is 17.8 Å². The highest BCUT2D eigenvalue weighted by Gasteiger charge is 2.23. The molecule has 1 saturated heterocycles. The molecule has 0 bridgehead atoms. The zero-order valence-electron chi connectivity index (χ0n) is 16.8. The number of aliphatic imine (C=N–C) groups is 1. The average Bonchev–Trinajstić information content (AvgIpc) is 2.64. The van der Waals surface area contributed by atoms with E-state index in [-0.39, 0.29) is 17.9 Å². The number of nitrogens with one attached hydrogen (secondary N) is 2. The minimum Gasteiger partial charge on any atom is -0.357 e. The molecule has 1 atom stereocenters. The molecular weight excluding hydrogens is 342 g/mol. The molecule has 2 amide bonds. The molecule has 2 rings (SSSR count). The summed E-state index contributed by atoms with van der Waals surface area (Å²) in [5.74, 6) is 0.972. The Bertz CT molecular complexity index is 687. The Balaban J connectivity index is 1.94. The Labute approximate surface area is 161 Å². The van der Waals surface area contributed by atoms with Crippen LogP contribution in [0.1, 0.15) is 35.7 Å². The molecule has 1 aliphatic heterocycles. The maximum absolute atomic E-state index is 12.1. The lowest BCUT2D eigenvalue weighted by molar-refractivity contribution is -0.132. The van der Waals surface area contributed by atoms with Gasteiger partial charge < -0.3 is 20.4 Å². The van der Waals surface area contributed by atoms with E-state index in [4.69, 9.17) is 0 Å². The van der Waals surface area contributed by atoms with Gasteiger partial charge in [-0.2, -0.15) is 0 Å². The zero-order chi connectivity index (χ0) is 19.8. The Morgan fingerprint density at radius 3 is 2.81 bits per heavy atom. The molecule has 1 unspecified atom stereocenters. The minimum absolute atomic E-state index is 0.00585. The van der Waals surface area contributed by atoms with Crippen LogP contribution < -0.4 is 10.6 Å². The second kappa shape index (κ2) is 9.94. The van der Waals surface area contributed by atoms with Crippen molar-refractivity contribution in [2.75, 3.05) is 40.8 Å². The fourth-order valence-electron chi connectivity index (χ4n) is 3.06. The lowest BCUT2D eigenvalue weighted by atomic mass is 10.1. The van der Waals surface area contributed by atoms with Crippen LogP contribution in [0, 0.1) is 0 Å². The van der Waals surface area contributed by atoms with E-state index >= 15 is 0 Å². The largest absolute Gasteiger partial charge is 0.357 e. The predicted octanol–water partition coefficient (Wildman–Crippen LogP) is 1.11. The van der Waals surface area contributed by atoms with Gasteiger partial charge in [0.1, 0.15) is 0 Å². The highest BCUT2D eigenvalue weighted by atomic mass is 16.2. The number of benzene rings is 1. The van der Waals surface area contributed by atoms with Crippen LogP contribution in [-0.4, -0.2) is 74.4 Å². The molecule has 0 radical (unpaired) electrons. The first-order valence-corrected chi connectivity index (χ1v) is 9.50. The summed E-state index contributed by atoms with van der Waals surface area (Å²) < 4.78 is 0. The third-order valence-corrected chi connectivity index (χ3v) is 4.56. The molecule has 0 aromatic heterocycles. The van der Waals surface area contributed by atoms with Crippen LogP contribution in [0.15, 0.2) is 29.3 Å². The summed E-state index contributed by atoms with van der Waals surface area (Å²) in [6, 6.07) is 7.91. The molecule has 1 aromatic rings. The van der Waals surface area contributed by atoms with Gasteiger partial charge in [-0.05, 0) is 37.5 Å². The van der Waals surface area contributed by atoms with Gasteiger partial charge in [0, 0.05) is 58.8 Å². The second-order valence-corrected chi connectivity index (χ2v) is 7.06. The number of carbonyl (C=O) groups is 2. The molecule has 2 N–H and O–H groups in total. The number of carbonyl (C=O) groups excluding carboxylic acids is 2. The van der Waals surface area contributed by atoms with E-state index in [0.717, 1.165) is 30.9 Å².